The lowest BCUT2D eigenvalue weighted by molar-refractivity contribution is -0.207. The fourth-order valence-electron chi connectivity index (χ4n) is 13.1. The van der Waals surface area contributed by atoms with Gasteiger partial charge in [-0.2, -0.15) is 0 Å². The minimum atomic E-state index is -0.452. The molecular weight excluding hydrogens is 646 g/mol. The Kier molecular flexibility index (Phi) is 9.37. The summed E-state index contributed by atoms with van der Waals surface area (Å²) in [6.45, 7) is 21.0. The molecule has 2 heterocycles. The van der Waals surface area contributed by atoms with E-state index in [1.165, 1.54) is 12.8 Å². The third kappa shape index (κ3) is 5.36. The summed E-state index contributed by atoms with van der Waals surface area (Å²) in [6.07, 6.45) is 13.4. The Morgan fingerprint density at radius 1 is 0.960 bits per heavy atom. The van der Waals surface area contributed by atoms with Crippen molar-refractivity contribution in [2.75, 3.05) is 39.3 Å². The minimum absolute atomic E-state index is 0.0233. The van der Waals surface area contributed by atoms with Crippen LogP contribution in [0, 0.1) is 56.7 Å². The van der Waals surface area contributed by atoms with E-state index in [1.54, 1.807) is 23.9 Å². The quantitative estimate of drug-likeness (QED) is 0.190. The normalized spacial score (nSPS) is 42.7. The zero-order chi connectivity index (χ0) is 35.9. The molecule has 1 amide bonds. The smallest absolute Gasteiger partial charge is 0.312 e. The number of pyridine rings is 1. The van der Waals surface area contributed by atoms with Crippen molar-refractivity contribution in [2.45, 2.75) is 112 Å². The summed E-state index contributed by atoms with van der Waals surface area (Å²) in [5.41, 5.74) is 1.95. The Balaban J connectivity index is 1.06. The third-order valence-corrected chi connectivity index (χ3v) is 17.0. The van der Waals surface area contributed by atoms with Gasteiger partial charge in [0, 0.05) is 38.9 Å². The first kappa shape index (κ1) is 36.4. The van der Waals surface area contributed by atoms with Crippen LogP contribution in [0.4, 0.5) is 0 Å². The number of fused-ring (bicyclic) bond motifs is 7. The van der Waals surface area contributed by atoms with E-state index in [0.717, 1.165) is 58.0 Å². The summed E-state index contributed by atoms with van der Waals surface area (Å²) in [6, 6.07) is 3.47. The molecule has 1 aromatic heterocycles. The number of aliphatic hydroxyl groups is 1. The van der Waals surface area contributed by atoms with Crippen LogP contribution >= 0.6 is 11.6 Å². The fourth-order valence-corrected chi connectivity index (χ4v) is 13.3. The first-order valence-corrected chi connectivity index (χ1v) is 20.2. The van der Waals surface area contributed by atoms with E-state index in [-0.39, 0.29) is 50.7 Å². The van der Waals surface area contributed by atoms with E-state index >= 15 is 0 Å². The second kappa shape index (κ2) is 12.9. The fraction of sp³-hybridized carbons (Fsp3) is 0.786. The number of hydrogen-bond donors (Lipinski definition) is 1. The van der Waals surface area contributed by atoms with Gasteiger partial charge < -0.3 is 14.7 Å². The van der Waals surface area contributed by atoms with Gasteiger partial charge in [-0.1, -0.05) is 71.7 Å². The van der Waals surface area contributed by atoms with Crippen molar-refractivity contribution in [1.82, 2.24) is 14.8 Å². The second-order valence-electron chi connectivity index (χ2n) is 18.8. The molecule has 1 aliphatic heterocycles. The summed E-state index contributed by atoms with van der Waals surface area (Å²) in [5, 5.41) is 11.3. The molecular formula is C42H62ClN3O4. The number of aliphatic hydroxyl groups excluding tert-OH is 1. The van der Waals surface area contributed by atoms with Crippen molar-refractivity contribution in [2.24, 2.45) is 56.7 Å². The van der Waals surface area contributed by atoms with Crippen LogP contribution in [0.3, 0.4) is 0 Å². The van der Waals surface area contributed by atoms with Gasteiger partial charge in [0.2, 0.25) is 0 Å². The van der Waals surface area contributed by atoms with Gasteiger partial charge in [0.25, 0.3) is 5.91 Å². The number of allylic oxidation sites excluding steroid dienone is 2. The second-order valence-corrected chi connectivity index (χ2v) is 19.1. The Labute approximate surface area is 305 Å². The van der Waals surface area contributed by atoms with E-state index in [0.29, 0.717) is 55.5 Å². The summed E-state index contributed by atoms with van der Waals surface area (Å²) >= 11 is 6.19. The maximum Gasteiger partial charge on any atom is 0.312 e. The molecule has 8 heteroatoms. The maximum atomic E-state index is 14.5. The molecule has 0 aromatic carbocycles. The standard InChI is InChI=1S/C42H62ClN3O4/c1-27-12-17-42(37(49)50-26-25-45-21-23-46(24-22-45)36(48)29-9-8-20-44-35(29)43)19-18-40(6)30(34(42)28(27)2)10-11-32-39(5)15-14-33(47)38(3,4)31(39)13-16-41(32,40)7/h8-10,20,27-28,31-34,47H,11-19,21-26H2,1-7H3. The number of carbonyl (C=O) groups excluding carboxylic acids is 2. The lowest BCUT2D eigenvalue weighted by Gasteiger charge is -2.71. The average molecular weight is 708 g/mol. The van der Waals surface area contributed by atoms with Gasteiger partial charge in [0.05, 0.1) is 17.1 Å². The molecule has 0 radical (unpaired) electrons. The van der Waals surface area contributed by atoms with Crippen molar-refractivity contribution in [3.8, 4) is 0 Å². The largest absolute Gasteiger partial charge is 0.464 e. The lowest BCUT2D eigenvalue weighted by atomic mass is 9.33. The van der Waals surface area contributed by atoms with E-state index in [1.807, 2.05) is 4.90 Å². The van der Waals surface area contributed by atoms with Gasteiger partial charge in [0.1, 0.15) is 11.8 Å². The Morgan fingerprint density at radius 2 is 1.70 bits per heavy atom. The van der Waals surface area contributed by atoms with Crippen LogP contribution in [0.5, 0.6) is 0 Å². The molecule has 10 unspecified atom stereocenters. The van der Waals surface area contributed by atoms with Gasteiger partial charge >= 0.3 is 5.97 Å². The molecule has 1 N–H and O–H groups in total. The summed E-state index contributed by atoms with van der Waals surface area (Å²) in [7, 11) is 0. The Bertz CT molecular complexity index is 1520. The molecule has 7 nitrogen and oxygen atoms in total. The number of amides is 1. The van der Waals surface area contributed by atoms with E-state index in [4.69, 9.17) is 16.3 Å². The van der Waals surface area contributed by atoms with Gasteiger partial charge in [-0.3, -0.25) is 14.5 Å². The molecule has 50 heavy (non-hydrogen) atoms. The highest BCUT2D eigenvalue weighted by Crippen LogP contribution is 2.75. The predicted octanol–water partition coefficient (Wildman–Crippen LogP) is 8.05. The molecule has 5 aliphatic carbocycles. The Morgan fingerprint density at radius 3 is 2.42 bits per heavy atom. The van der Waals surface area contributed by atoms with Crippen molar-refractivity contribution in [3.05, 3.63) is 40.7 Å². The van der Waals surface area contributed by atoms with Crippen molar-refractivity contribution in [3.63, 3.8) is 0 Å². The van der Waals surface area contributed by atoms with Crippen LogP contribution in [0.1, 0.15) is 117 Å². The molecule has 0 spiro atoms. The van der Waals surface area contributed by atoms with Gasteiger partial charge in [-0.25, -0.2) is 4.98 Å². The molecule has 5 fully saturated rings. The highest BCUT2D eigenvalue weighted by atomic mass is 35.5. The zero-order valence-electron chi connectivity index (χ0n) is 31.8. The zero-order valence-corrected chi connectivity index (χ0v) is 32.5. The number of nitrogens with zero attached hydrogens (tertiary/aromatic N) is 3. The topological polar surface area (TPSA) is 83.0 Å². The molecule has 0 bridgehead atoms. The number of rotatable bonds is 5. The minimum Gasteiger partial charge on any atom is -0.464 e. The Hall–Kier alpha value is -1.96. The highest BCUT2D eigenvalue weighted by molar-refractivity contribution is 6.32. The van der Waals surface area contributed by atoms with Crippen molar-refractivity contribution >= 4 is 23.5 Å². The molecule has 10 atom stereocenters. The summed E-state index contributed by atoms with van der Waals surface area (Å²) in [5.74, 6) is 2.28. The van der Waals surface area contributed by atoms with Crippen LogP contribution in [-0.4, -0.2) is 77.2 Å². The number of halogens is 1. The van der Waals surface area contributed by atoms with Gasteiger partial charge in [0.15, 0.2) is 0 Å². The first-order valence-electron chi connectivity index (χ1n) is 19.8. The number of aromatic nitrogens is 1. The first-order chi connectivity index (χ1) is 23.6. The maximum absolute atomic E-state index is 14.5. The lowest BCUT2D eigenvalue weighted by Crippen LogP contribution is -2.65. The van der Waals surface area contributed by atoms with E-state index in [9.17, 15) is 14.7 Å². The molecule has 7 rings (SSSR count). The highest BCUT2D eigenvalue weighted by Gasteiger charge is 2.69. The van der Waals surface area contributed by atoms with Crippen LogP contribution < -0.4 is 0 Å². The van der Waals surface area contributed by atoms with Crippen LogP contribution in [0.15, 0.2) is 30.0 Å². The molecule has 6 aliphatic rings. The number of esters is 1. The summed E-state index contributed by atoms with van der Waals surface area (Å²) in [4.78, 5) is 35.7. The van der Waals surface area contributed by atoms with E-state index < -0.39 is 5.41 Å². The monoisotopic (exact) mass is 707 g/mol. The van der Waals surface area contributed by atoms with Crippen LogP contribution in [0.25, 0.3) is 0 Å². The molecule has 276 valence electrons. The predicted molar refractivity (Wildman–Crippen MR) is 198 cm³/mol. The number of ether oxygens (including phenoxy) is 1. The van der Waals surface area contributed by atoms with Crippen LogP contribution in [0.2, 0.25) is 5.15 Å². The van der Waals surface area contributed by atoms with Gasteiger partial charge in [-0.15, -0.1) is 0 Å². The number of piperazine rings is 1. The molecule has 1 saturated heterocycles. The number of hydrogen-bond acceptors (Lipinski definition) is 6. The summed E-state index contributed by atoms with van der Waals surface area (Å²) < 4.78 is 6.31. The average Bonchev–Trinajstić information content (AvgIpc) is 3.08. The molecule has 1 aromatic rings. The van der Waals surface area contributed by atoms with Crippen molar-refractivity contribution < 1.29 is 19.4 Å². The third-order valence-electron chi connectivity index (χ3n) is 16.7. The number of carbonyl (C=O) groups is 2. The van der Waals surface area contributed by atoms with Crippen molar-refractivity contribution in [1.29, 1.82) is 0 Å². The van der Waals surface area contributed by atoms with Crippen LogP contribution in [-0.2, 0) is 9.53 Å². The SMILES string of the molecule is CC1CCC2(C(=O)OCCN3CCN(C(=O)c4cccnc4Cl)CC3)CCC3(C)C(=CCC4C5(C)CCC(O)C(C)(C)C5CCC43C)C2C1C. The molecule has 4 saturated carbocycles. The van der Waals surface area contributed by atoms with E-state index in [2.05, 4.69) is 64.4 Å². The van der Waals surface area contributed by atoms with Gasteiger partial charge in [-0.05, 0) is 121 Å².